The number of benzene rings is 1. The lowest BCUT2D eigenvalue weighted by molar-refractivity contribution is -0.135. The third kappa shape index (κ3) is 4.67. The van der Waals surface area contributed by atoms with E-state index in [-0.39, 0.29) is 5.97 Å². The van der Waals surface area contributed by atoms with E-state index in [0.29, 0.717) is 5.57 Å². The van der Waals surface area contributed by atoms with Gasteiger partial charge in [0.25, 0.3) is 0 Å². The van der Waals surface area contributed by atoms with E-state index in [1.807, 2.05) is 43.4 Å². The number of unbranched alkanes of at least 4 members (excludes halogenated alkanes) is 1. The van der Waals surface area contributed by atoms with E-state index in [1.54, 1.807) is 0 Å². The van der Waals surface area contributed by atoms with Crippen LogP contribution in [0.5, 0.6) is 0 Å². The highest BCUT2D eigenvalue weighted by atomic mass is 79.9. The summed E-state index contributed by atoms with van der Waals surface area (Å²) >= 11 is 3.49. The molecule has 0 heterocycles. The average molecular weight is 323 g/mol. The van der Waals surface area contributed by atoms with Crippen molar-refractivity contribution in [3.63, 3.8) is 0 Å². The van der Waals surface area contributed by atoms with E-state index < -0.39 is 0 Å². The first-order chi connectivity index (χ1) is 9.10. The molecule has 0 fully saturated rings. The van der Waals surface area contributed by atoms with Crippen LogP contribution in [0.3, 0.4) is 0 Å². The first-order valence-corrected chi connectivity index (χ1v) is 7.11. The summed E-state index contributed by atoms with van der Waals surface area (Å²) in [7, 11) is 1.40. The van der Waals surface area contributed by atoms with Crippen LogP contribution in [0.4, 0.5) is 0 Å². The summed E-state index contributed by atoms with van der Waals surface area (Å²) < 4.78 is 5.85. The van der Waals surface area contributed by atoms with Crippen LogP contribution in [0.1, 0.15) is 30.9 Å². The number of esters is 1. The third-order valence-electron chi connectivity index (χ3n) is 2.79. The summed E-state index contributed by atoms with van der Waals surface area (Å²) in [4.78, 5) is 11.8. The van der Waals surface area contributed by atoms with Crippen LogP contribution in [0.2, 0.25) is 0 Å². The number of hydrogen-bond acceptors (Lipinski definition) is 2. The minimum atomic E-state index is -0.313. The summed E-state index contributed by atoms with van der Waals surface area (Å²) in [5.74, 6) is -0.313. The molecule has 19 heavy (non-hydrogen) atoms. The largest absolute Gasteiger partial charge is 0.465 e. The molecule has 0 spiro atoms. The zero-order valence-corrected chi connectivity index (χ0v) is 13.2. The molecule has 0 radical (unpaired) electrons. The van der Waals surface area contributed by atoms with Crippen molar-refractivity contribution in [1.29, 1.82) is 0 Å². The fourth-order valence-corrected chi connectivity index (χ4v) is 2.00. The number of carbonyl (C=O) groups is 1. The number of ether oxygens (including phenoxy) is 1. The van der Waals surface area contributed by atoms with Crippen molar-refractivity contribution in [1.82, 2.24) is 0 Å². The zero-order chi connectivity index (χ0) is 14.3. The molecule has 0 saturated heterocycles. The van der Waals surface area contributed by atoms with Crippen LogP contribution in [0, 0.1) is 6.92 Å². The third-order valence-corrected chi connectivity index (χ3v) is 3.65. The van der Waals surface area contributed by atoms with Crippen LogP contribution in [-0.2, 0) is 9.53 Å². The maximum Gasteiger partial charge on any atom is 0.337 e. The molecule has 0 aliphatic carbocycles. The second kappa shape index (κ2) is 7.95. The Morgan fingerprint density at radius 2 is 2.16 bits per heavy atom. The van der Waals surface area contributed by atoms with E-state index in [2.05, 4.69) is 22.9 Å². The van der Waals surface area contributed by atoms with Gasteiger partial charge in [0.15, 0.2) is 0 Å². The lowest BCUT2D eigenvalue weighted by Gasteiger charge is -2.05. The predicted octanol–water partition coefficient (Wildman–Crippen LogP) is 4.67. The average Bonchev–Trinajstić information content (AvgIpc) is 2.41. The molecule has 102 valence electrons. The maximum atomic E-state index is 11.8. The number of hydrogen-bond donors (Lipinski definition) is 0. The van der Waals surface area contributed by atoms with Crippen molar-refractivity contribution in [3.8, 4) is 0 Å². The number of halogens is 1. The van der Waals surface area contributed by atoms with Crippen LogP contribution >= 0.6 is 15.9 Å². The molecule has 1 aromatic carbocycles. The van der Waals surface area contributed by atoms with Crippen molar-refractivity contribution in [2.75, 3.05) is 7.11 Å². The molecule has 0 aliphatic rings. The molecule has 3 heteroatoms. The minimum absolute atomic E-state index is 0.313. The zero-order valence-electron chi connectivity index (χ0n) is 11.6. The van der Waals surface area contributed by atoms with Gasteiger partial charge in [-0.15, -0.1) is 0 Å². The maximum absolute atomic E-state index is 11.8. The molecule has 0 amide bonds. The minimum Gasteiger partial charge on any atom is -0.465 e. The Bertz CT molecular complexity index is 501. The van der Waals surface area contributed by atoms with Gasteiger partial charge in [0, 0.05) is 4.47 Å². The lowest BCUT2D eigenvalue weighted by Crippen LogP contribution is -2.02. The van der Waals surface area contributed by atoms with Gasteiger partial charge in [-0.25, -0.2) is 4.79 Å². The van der Waals surface area contributed by atoms with Gasteiger partial charge >= 0.3 is 5.97 Å². The topological polar surface area (TPSA) is 26.3 Å². The highest BCUT2D eigenvalue weighted by molar-refractivity contribution is 9.10. The molecular weight excluding hydrogens is 304 g/mol. The first-order valence-electron chi connectivity index (χ1n) is 6.31. The molecule has 2 nitrogen and oxygen atoms in total. The van der Waals surface area contributed by atoms with Crippen LogP contribution in [0.15, 0.2) is 40.4 Å². The summed E-state index contributed by atoms with van der Waals surface area (Å²) in [6.45, 7) is 4.12. The van der Waals surface area contributed by atoms with Crippen molar-refractivity contribution in [2.45, 2.75) is 26.7 Å². The molecule has 1 aromatic rings. The van der Waals surface area contributed by atoms with E-state index in [9.17, 15) is 4.79 Å². The van der Waals surface area contributed by atoms with Gasteiger partial charge in [0.05, 0.1) is 12.7 Å². The smallest absolute Gasteiger partial charge is 0.337 e. The molecule has 0 bridgehead atoms. The van der Waals surface area contributed by atoms with E-state index in [1.165, 1.54) is 7.11 Å². The summed E-state index contributed by atoms with van der Waals surface area (Å²) in [6.07, 6.45) is 7.69. The summed E-state index contributed by atoms with van der Waals surface area (Å²) in [5, 5.41) is 0. The van der Waals surface area contributed by atoms with E-state index in [0.717, 1.165) is 28.4 Å². The second-order valence-corrected chi connectivity index (χ2v) is 5.09. The fraction of sp³-hybridized carbons (Fsp3) is 0.312. The van der Waals surface area contributed by atoms with Gasteiger partial charge in [-0.3, -0.25) is 0 Å². The van der Waals surface area contributed by atoms with Crippen molar-refractivity contribution in [2.24, 2.45) is 0 Å². The lowest BCUT2D eigenvalue weighted by atomic mass is 10.1. The molecule has 0 unspecified atom stereocenters. The molecule has 0 aliphatic heterocycles. The predicted molar refractivity (Wildman–Crippen MR) is 82.9 cm³/mol. The van der Waals surface area contributed by atoms with Crippen molar-refractivity contribution < 1.29 is 9.53 Å². The molecule has 1 rings (SSSR count). The van der Waals surface area contributed by atoms with Gasteiger partial charge in [0.2, 0.25) is 0 Å². The second-order valence-electron chi connectivity index (χ2n) is 4.24. The Morgan fingerprint density at radius 1 is 1.42 bits per heavy atom. The SMILES string of the molecule is CCC/C=C/C(=C\c1cccc(Br)c1C)C(=O)OC. The van der Waals surface area contributed by atoms with Gasteiger partial charge in [0.1, 0.15) is 0 Å². The van der Waals surface area contributed by atoms with Crippen molar-refractivity contribution >= 4 is 28.0 Å². The quantitative estimate of drug-likeness (QED) is 0.447. The Morgan fingerprint density at radius 3 is 2.79 bits per heavy atom. The van der Waals surface area contributed by atoms with Crippen molar-refractivity contribution in [3.05, 3.63) is 51.5 Å². The highest BCUT2D eigenvalue weighted by Gasteiger charge is 2.07. The highest BCUT2D eigenvalue weighted by Crippen LogP contribution is 2.22. The molecule has 0 saturated carbocycles. The standard InChI is InChI=1S/C16H19BrO2/c1-4-5-6-8-14(16(18)19-3)11-13-9-7-10-15(17)12(13)2/h6-11H,4-5H2,1-3H3/b8-6+,14-11+. The Hall–Kier alpha value is -1.35. The number of rotatable bonds is 5. The Kier molecular flexibility index (Phi) is 6.57. The molecule has 0 N–H and O–H groups in total. The fourth-order valence-electron chi connectivity index (χ4n) is 1.62. The molecular formula is C16H19BrO2. The van der Waals surface area contributed by atoms with Crippen LogP contribution in [-0.4, -0.2) is 13.1 Å². The number of methoxy groups -OCH3 is 1. The van der Waals surface area contributed by atoms with Gasteiger partial charge in [-0.2, -0.15) is 0 Å². The normalized spacial score (nSPS) is 11.9. The van der Waals surface area contributed by atoms with Crippen LogP contribution in [0.25, 0.3) is 6.08 Å². The molecule has 0 atom stereocenters. The Labute approximate surface area is 123 Å². The van der Waals surface area contributed by atoms with Gasteiger partial charge in [-0.05, 0) is 36.6 Å². The number of carbonyl (C=O) groups excluding carboxylic acids is 1. The van der Waals surface area contributed by atoms with Gasteiger partial charge in [-0.1, -0.05) is 53.6 Å². The number of allylic oxidation sites excluding steroid dienone is 1. The van der Waals surface area contributed by atoms with Gasteiger partial charge < -0.3 is 4.74 Å². The first kappa shape index (κ1) is 15.7. The van der Waals surface area contributed by atoms with E-state index in [4.69, 9.17) is 4.74 Å². The summed E-state index contributed by atoms with van der Waals surface area (Å²) in [5.41, 5.74) is 2.68. The summed E-state index contributed by atoms with van der Waals surface area (Å²) in [6, 6.07) is 5.92. The van der Waals surface area contributed by atoms with Crippen LogP contribution < -0.4 is 0 Å². The van der Waals surface area contributed by atoms with E-state index >= 15 is 0 Å². The Balaban J connectivity index is 3.12. The monoisotopic (exact) mass is 322 g/mol. The molecule has 0 aromatic heterocycles.